The summed E-state index contributed by atoms with van der Waals surface area (Å²) in [4.78, 5) is 16.4. The summed E-state index contributed by atoms with van der Waals surface area (Å²) in [5.41, 5.74) is 1.36. The van der Waals surface area contributed by atoms with Crippen LogP contribution in [0.5, 0.6) is 5.75 Å². The maximum atomic E-state index is 12.9. The van der Waals surface area contributed by atoms with Gasteiger partial charge in [0.1, 0.15) is 5.75 Å². The van der Waals surface area contributed by atoms with Gasteiger partial charge in [0.05, 0.1) is 24.2 Å². The fraction of sp³-hybridized carbons (Fsp3) is 0.292. The van der Waals surface area contributed by atoms with E-state index >= 15 is 0 Å². The van der Waals surface area contributed by atoms with Gasteiger partial charge in [-0.25, -0.2) is 8.42 Å². The lowest BCUT2D eigenvalue weighted by Crippen LogP contribution is -2.40. The molecular formula is C24H28N2O4S2. The highest BCUT2D eigenvalue weighted by atomic mass is 32.2. The highest BCUT2D eigenvalue weighted by Crippen LogP contribution is 2.22. The third-order valence-electron chi connectivity index (χ3n) is 5.15. The lowest BCUT2D eigenvalue weighted by atomic mass is 10.1. The van der Waals surface area contributed by atoms with Crippen LogP contribution in [0.1, 0.15) is 17.4 Å². The van der Waals surface area contributed by atoms with Crippen LogP contribution in [0.15, 0.2) is 70.9 Å². The molecule has 0 saturated heterocycles. The van der Waals surface area contributed by atoms with E-state index in [2.05, 4.69) is 23.2 Å². The van der Waals surface area contributed by atoms with Gasteiger partial charge in [-0.2, -0.15) is 0 Å². The Morgan fingerprint density at radius 2 is 1.81 bits per heavy atom. The van der Waals surface area contributed by atoms with E-state index in [1.165, 1.54) is 10.9 Å². The molecule has 1 N–H and O–H groups in total. The zero-order valence-corrected chi connectivity index (χ0v) is 20.1. The molecule has 0 aliphatic rings. The number of carbonyl (C=O) groups excluding carboxylic acids is 1. The Kier molecular flexibility index (Phi) is 8.06. The number of rotatable bonds is 10. The molecule has 0 fully saturated rings. The highest BCUT2D eigenvalue weighted by molar-refractivity contribution is 7.90. The van der Waals surface area contributed by atoms with Gasteiger partial charge in [0.2, 0.25) is 5.91 Å². The largest absolute Gasteiger partial charge is 0.497 e. The lowest BCUT2D eigenvalue weighted by Gasteiger charge is -2.28. The number of methoxy groups -OCH3 is 1. The molecular weight excluding hydrogens is 444 g/mol. The molecule has 3 rings (SSSR count). The van der Waals surface area contributed by atoms with Gasteiger partial charge in [-0.3, -0.25) is 9.69 Å². The number of hydrogen-bond acceptors (Lipinski definition) is 6. The van der Waals surface area contributed by atoms with Crippen molar-refractivity contribution in [2.24, 2.45) is 0 Å². The van der Waals surface area contributed by atoms with Crippen molar-refractivity contribution in [3.05, 3.63) is 76.5 Å². The molecule has 0 saturated carbocycles. The Hall–Kier alpha value is -2.68. The van der Waals surface area contributed by atoms with Crippen molar-refractivity contribution in [3.8, 4) is 5.75 Å². The normalized spacial score (nSPS) is 12.5. The van der Waals surface area contributed by atoms with Crippen LogP contribution in [0.2, 0.25) is 0 Å². The molecule has 32 heavy (non-hydrogen) atoms. The maximum Gasteiger partial charge on any atom is 0.238 e. The minimum Gasteiger partial charge on any atom is -0.497 e. The molecule has 0 aliphatic heterocycles. The van der Waals surface area contributed by atoms with E-state index in [1.807, 2.05) is 35.7 Å². The first-order valence-corrected chi connectivity index (χ1v) is 13.0. The lowest BCUT2D eigenvalue weighted by molar-refractivity contribution is -0.118. The maximum absolute atomic E-state index is 12.9. The van der Waals surface area contributed by atoms with Crippen LogP contribution >= 0.6 is 11.3 Å². The van der Waals surface area contributed by atoms with E-state index in [-0.39, 0.29) is 23.4 Å². The Morgan fingerprint density at radius 3 is 2.44 bits per heavy atom. The Labute approximate surface area is 193 Å². The Balaban J connectivity index is 1.77. The Morgan fingerprint density at radius 1 is 1.09 bits per heavy atom. The standard InChI is InChI=1S/C24H28N2O4S2/c1-18(15-21-7-6-14-31-21)26(16-19-10-12-20(30-2)13-11-19)17-24(27)25-22-8-4-5-9-23(22)32(3,28)29/h4-14,18H,15-17H2,1-3H3,(H,25,27). The summed E-state index contributed by atoms with van der Waals surface area (Å²) in [6.07, 6.45) is 1.96. The summed E-state index contributed by atoms with van der Waals surface area (Å²) in [5.74, 6) is 0.523. The molecule has 0 bridgehead atoms. The summed E-state index contributed by atoms with van der Waals surface area (Å²) in [6.45, 7) is 2.81. The van der Waals surface area contributed by atoms with E-state index < -0.39 is 9.84 Å². The third-order valence-corrected chi connectivity index (χ3v) is 7.21. The van der Waals surface area contributed by atoms with Gasteiger partial charge in [0, 0.05) is 23.7 Å². The zero-order valence-electron chi connectivity index (χ0n) is 18.4. The molecule has 0 spiro atoms. The number of thiophene rings is 1. The monoisotopic (exact) mass is 472 g/mol. The zero-order chi connectivity index (χ0) is 23.1. The molecule has 170 valence electrons. The van der Waals surface area contributed by atoms with Gasteiger partial charge < -0.3 is 10.1 Å². The quantitative estimate of drug-likeness (QED) is 0.478. The molecule has 1 atom stereocenters. The second-order valence-electron chi connectivity index (χ2n) is 7.70. The highest BCUT2D eigenvalue weighted by Gasteiger charge is 2.21. The molecule has 0 aliphatic carbocycles. The number of carbonyl (C=O) groups is 1. The van der Waals surface area contributed by atoms with Gasteiger partial charge in [0.25, 0.3) is 0 Å². The molecule has 1 amide bonds. The van der Waals surface area contributed by atoms with Crippen molar-refractivity contribution in [3.63, 3.8) is 0 Å². The summed E-state index contributed by atoms with van der Waals surface area (Å²) >= 11 is 1.70. The van der Waals surface area contributed by atoms with E-state index in [9.17, 15) is 13.2 Å². The first-order valence-electron chi connectivity index (χ1n) is 10.2. The second-order valence-corrected chi connectivity index (χ2v) is 10.7. The SMILES string of the molecule is COc1ccc(CN(CC(=O)Nc2ccccc2S(C)(=O)=O)C(C)Cc2cccs2)cc1. The van der Waals surface area contributed by atoms with Gasteiger partial charge in [-0.05, 0) is 54.6 Å². The van der Waals surface area contributed by atoms with Crippen molar-refractivity contribution >= 4 is 32.8 Å². The molecule has 1 unspecified atom stereocenters. The summed E-state index contributed by atoms with van der Waals surface area (Å²) < 4.78 is 29.4. The van der Waals surface area contributed by atoms with E-state index in [4.69, 9.17) is 4.74 Å². The van der Waals surface area contributed by atoms with Gasteiger partial charge in [-0.15, -0.1) is 11.3 Å². The average molecular weight is 473 g/mol. The van der Waals surface area contributed by atoms with Crippen molar-refractivity contribution in [1.82, 2.24) is 4.90 Å². The van der Waals surface area contributed by atoms with Crippen LogP contribution in [0.25, 0.3) is 0 Å². The number of anilines is 1. The molecule has 0 radical (unpaired) electrons. The van der Waals surface area contributed by atoms with Crippen molar-refractivity contribution < 1.29 is 17.9 Å². The molecule has 3 aromatic rings. The fourth-order valence-corrected chi connectivity index (χ4v) is 5.12. The van der Waals surface area contributed by atoms with E-state index in [1.54, 1.807) is 36.6 Å². The van der Waals surface area contributed by atoms with E-state index in [0.29, 0.717) is 12.2 Å². The fourth-order valence-electron chi connectivity index (χ4n) is 3.45. The van der Waals surface area contributed by atoms with E-state index in [0.717, 1.165) is 24.0 Å². The molecule has 8 heteroatoms. The number of hydrogen-bond donors (Lipinski definition) is 1. The number of nitrogens with one attached hydrogen (secondary N) is 1. The van der Waals surface area contributed by atoms with Crippen molar-refractivity contribution in [2.75, 3.05) is 25.2 Å². The smallest absolute Gasteiger partial charge is 0.238 e. The first-order chi connectivity index (χ1) is 15.3. The average Bonchev–Trinajstić information content (AvgIpc) is 3.26. The molecule has 1 aromatic heterocycles. The van der Waals surface area contributed by atoms with Crippen LogP contribution in [-0.2, 0) is 27.6 Å². The van der Waals surface area contributed by atoms with Gasteiger partial charge in [-0.1, -0.05) is 30.3 Å². The van der Waals surface area contributed by atoms with Crippen LogP contribution < -0.4 is 10.1 Å². The molecule has 6 nitrogen and oxygen atoms in total. The molecule has 2 aromatic carbocycles. The summed E-state index contributed by atoms with van der Waals surface area (Å²) in [6, 6.07) is 18.5. The van der Waals surface area contributed by atoms with Crippen LogP contribution in [0.4, 0.5) is 5.69 Å². The van der Waals surface area contributed by atoms with Crippen LogP contribution in [0, 0.1) is 0 Å². The summed E-state index contributed by atoms with van der Waals surface area (Å²) in [5, 5.41) is 4.83. The topological polar surface area (TPSA) is 75.7 Å². The van der Waals surface area contributed by atoms with Crippen LogP contribution in [0.3, 0.4) is 0 Å². The second kappa shape index (κ2) is 10.8. The molecule has 1 heterocycles. The predicted molar refractivity (Wildman–Crippen MR) is 129 cm³/mol. The van der Waals surface area contributed by atoms with Gasteiger partial charge >= 0.3 is 0 Å². The van der Waals surface area contributed by atoms with Crippen molar-refractivity contribution in [2.45, 2.75) is 30.8 Å². The predicted octanol–water partition coefficient (Wildman–Crippen LogP) is 4.23. The number of benzene rings is 2. The number of ether oxygens (including phenoxy) is 1. The minimum absolute atomic E-state index is 0.103. The number of amides is 1. The number of sulfone groups is 1. The number of para-hydroxylation sites is 1. The number of nitrogens with zero attached hydrogens (tertiary/aromatic N) is 1. The summed E-state index contributed by atoms with van der Waals surface area (Å²) in [7, 11) is -1.82. The van der Waals surface area contributed by atoms with Crippen molar-refractivity contribution in [1.29, 1.82) is 0 Å². The third kappa shape index (κ3) is 6.66. The minimum atomic E-state index is -3.45. The van der Waals surface area contributed by atoms with Crippen LogP contribution in [-0.4, -0.2) is 45.2 Å². The first kappa shape index (κ1) is 24.0. The van der Waals surface area contributed by atoms with Gasteiger partial charge in [0.15, 0.2) is 9.84 Å². The Bertz CT molecular complexity index is 1130.